The van der Waals surface area contributed by atoms with Gasteiger partial charge in [0.25, 0.3) is 0 Å². The first-order valence-corrected chi connectivity index (χ1v) is 9.40. The fourth-order valence-electron chi connectivity index (χ4n) is 3.31. The average Bonchev–Trinajstić information content (AvgIpc) is 3.42. The highest BCUT2D eigenvalue weighted by Crippen LogP contribution is 2.34. The summed E-state index contributed by atoms with van der Waals surface area (Å²) >= 11 is 1.83. The number of aliphatic imine (C=N–C) groups is 2. The number of nitrogens with zero attached hydrogens (tertiary/aromatic N) is 2. The van der Waals surface area contributed by atoms with Gasteiger partial charge < -0.3 is 10.6 Å². The number of hydrogen-bond acceptors (Lipinski definition) is 5. The molecule has 2 aromatic carbocycles. The molecule has 4 nitrogen and oxygen atoms in total. The molecule has 3 heterocycles. The van der Waals surface area contributed by atoms with E-state index in [9.17, 15) is 0 Å². The molecule has 1 aromatic heterocycles. The van der Waals surface area contributed by atoms with Crippen LogP contribution in [0, 0.1) is 0 Å². The Kier molecular flexibility index (Phi) is 4.66. The molecule has 0 atom stereocenters. The zero-order valence-corrected chi connectivity index (χ0v) is 15.8. The van der Waals surface area contributed by atoms with Gasteiger partial charge in [0.1, 0.15) is 11.7 Å². The molecule has 0 unspecified atom stereocenters. The minimum Gasteiger partial charge on any atom is -0.368 e. The Morgan fingerprint density at radius 2 is 1.35 bits per heavy atom. The second-order valence-corrected chi connectivity index (χ2v) is 7.34. The number of fused-ring (bicyclic) bond motifs is 1. The Balaban J connectivity index is 0.00000168. The van der Waals surface area contributed by atoms with Crippen LogP contribution in [0.1, 0.15) is 11.1 Å². The predicted octanol–water partition coefficient (Wildman–Crippen LogP) is 3.69. The molecule has 0 spiro atoms. The third-order valence-electron chi connectivity index (χ3n) is 4.58. The molecule has 0 amide bonds. The van der Waals surface area contributed by atoms with Crippen molar-refractivity contribution in [2.75, 3.05) is 26.2 Å². The van der Waals surface area contributed by atoms with Gasteiger partial charge in [-0.15, -0.1) is 23.7 Å². The summed E-state index contributed by atoms with van der Waals surface area (Å²) in [6.45, 7) is 3.62. The fourth-order valence-corrected chi connectivity index (χ4v) is 4.36. The van der Waals surface area contributed by atoms with E-state index in [4.69, 9.17) is 0 Å². The van der Waals surface area contributed by atoms with Gasteiger partial charge in [0.05, 0.1) is 13.1 Å². The van der Waals surface area contributed by atoms with Gasteiger partial charge in [-0.3, -0.25) is 9.98 Å². The number of hydrogen-bond donors (Lipinski definition) is 2. The zero-order valence-electron chi connectivity index (χ0n) is 14.2. The van der Waals surface area contributed by atoms with E-state index < -0.39 is 0 Å². The van der Waals surface area contributed by atoms with Crippen molar-refractivity contribution in [3.63, 3.8) is 0 Å². The fraction of sp³-hybridized carbons (Fsp3) is 0.200. The molecule has 2 aliphatic heterocycles. The largest absolute Gasteiger partial charge is 0.368 e. The maximum atomic E-state index is 4.52. The van der Waals surface area contributed by atoms with Crippen molar-refractivity contribution in [2.24, 2.45) is 9.98 Å². The van der Waals surface area contributed by atoms with Crippen molar-refractivity contribution in [3.8, 4) is 10.4 Å². The van der Waals surface area contributed by atoms with Crippen molar-refractivity contribution in [1.29, 1.82) is 0 Å². The Morgan fingerprint density at radius 3 is 2.00 bits per heavy atom. The van der Waals surface area contributed by atoms with E-state index in [1.54, 1.807) is 0 Å². The van der Waals surface area contributed by atoms with Crippen LogP contribution in [0.4, 0.5) is 0 Å². The molecule has 6 heteroatoms. The van der Waals surface area contributed by atoms with Gasteiger partial charge in [-0.2, -0.15) is 0 Å². The van der Waals surface area contributed by atoms with Crippen molar-refractivity contribution in [3.05, 3.63) is 59.7 Å². The van der Waals surface area contributed by atoms with Gasteiger partial charge in [-0.1, -0.05) is 24.3 Å². The lowest BCUT2D eigenvalue weighted by atomic mass is 10.1. The third-order valence-corrected chi connectivity index (χ3v) is 5.75. The number of thiophene rings is 1. The molecule has 132 valence electrons. The van der Waals surface area contributed by atoms with Crippen LogP contribution in [0.2, 0.25) is 0 Å². The van der Waals surface area contributed by atoms with Gasteiger partial charge >= 0.3 is 0 Å². The van der Waals surface area contributed by atoms with Crippen LogP contribution in [0.3, 0.4) is 0 Å². The number of benzene rings is 2. The number of amidine groups is 2. The summed E-state index contributed by atoms with van der Waals surface area (Å²) in [5, 5.41) is 7.94. The second-order valence-electron chi connectivity index (χ2n) is 6.25. The van der Waals surface area contributed by atoms with Crippen molar-refractivity contribution in [1.82, 2.24) is 10.6 Å². The van der Waals surface area contributed by atoms with E-state index in [-0.39, 0.29) is 12.4 Å². The van der Waals surface area contributed by atoms with Crippen LogP contribution in [0.25, 0.3) is 20.5 Å². The molecular weight excluding hydrogens is 364 g/mol. The number of rotatable bonds is 3. The Morgan fingerprint density at radius 1 is 0.731 bits per heavy atom. The summed E-state index contributed by atoms with van der Waals surface area (Å²) in [7, 11) is 0. The predicted molar refractivity (Wildman–Crippen MR) is 113 cm³/mol. The summed E-state index contributed by atoms with van der Waals surface area (Å²) in [6.07, 6.45) is 0. The summed E-state index contributed by atoms with van der Waals surface area (Å²) < 4.78 is 1.31. The van der Waals surface area contributed by atoms with E-state index in [0.29, 0.717) is 0 Å². The van der Waals surface area contributed by atoms with Crippen LogP contribution in [-0.2, 0) is 0 Å². The minimum absolute atomic E-state index is 0. The normalized spacial score (nSPS) is 15.8. The van der Waals surface area contributed by atoms with E-state index in [1.165, 1.54) is 26.1 Å². The SMILES string of the molecule is Cl.c1cc(-c2cc3cc(C4=NCCN4)ccc3s2)ccc1C1=NCCN1. The summed E-state index contributed by atoms with van der Waals surface area (Å²) in [4.78, 5) is 10.3. The molecule has 0 saturated carbocycles. The van der Waals surface area contributed by atoms with E-state index >= 15 is 0 Å². The number of nitrogens with one attached hydrogen (secondary N) is 2. The van der Waals surface area contributed by atoms with Gasteiger partial charge in [-0.05, 0) is 35.2 Å². The van der Waals surface area contributed by atoms with Crippen molar-refractivity contribution < 1.29 is 0 Å². The molecule has 2 N–H and O–H groups in total. The van der Waals surface area contributed by atoms with Gasteiger partial charge in [0.15, 0.2) is 0 Å². The molecule has 0 fully saturated rings. The highest BCUT2D eigenvalue weighted by atomic mass is 35.5. The van der Waals surface area contributed by atoms with Crippen LogP contribution in [0.15, 0.2) is 58.5 Å². The van der Waals surface area contributed by atoms with Gasteiger partial charge in [0, 0.05) is 33.8 Å². The van der Waals surface area contributed by atoms with Gasteiger partial charge in [0.2, 0.25) is 0 Å². The smallest absolute Gasteiger partial charge is 0.128 e. The highest BCUT2D eigenvalue weighted by molar-refractivity contribution is 7.22. The Hall–Kier alpha value is -2.37. The monoisotopic (exact) mass is 382 g/mol. The van der Waals surface area contributed by atoms with Crippen molar-refractivity contribution in [2.45, 2.75) is 0 Å². The quantitative estimate of drug-likeness (QED) is 0.725. The average molecular weight is 383 g/mol. The number of halogens is 1. The molecular formula is C20H19ClN4S. The molecule has 0 bridgehead atoms. The lowest BCUT2D eigenvalue weighted by molar-refractivity contribution is 0.960. The summed E-state index contributed by atoms with van der Waals surface area (Å²) in [5.74, 6) is 2.03. The first-order valence-electron chi connectivity index (χ1n) is 8.58. The molecule has 2 aliphatic rings. The summed E-state index contributed by atoms with van der Waals surface area (Å²) in [5.41, 5.74) is 3.59. The maximum absolute atomic E-state index is 4.52. The third kappa shape index (κ3) is 3.08. The van der Waals surface area contributed by atoms with E-state index in [2.05, 4.69) is 69.1 Å². The highest BCUT2D eigenvalue weighted by Gasteiger charge is 2.12. The molecule has 0 radical (unpaired) electrons. The van der Waals surface area contributed by atoms with Crippen LogP contribution >= 0.6 is 23.7 Å². The second kappa shape index (κ2) is 7.09. The van der Waals surface area contributed by atoms with Gasteiger partial charge in [-0.25, -0.2) is 0 Å². The molecule has 0 saturated heterocycles. The maximum Gasteiger partial charge on any atom is 0.128 e. The summed E-state index contributed by atoms with van der Waals surface area (Å²) in [6, 6.07) is 17.5. The standard InChI is InChI=1S/C20H18N4S.ClH/c1-3-14(19-21-7-8-22-19)4-2-13(1)18-12-16-11-15(5-6-17(16)25-18)20-23-9-10-24-20;/h1-6,11-12H,7-10H2,(H,21,22)(H,23,24);1H. The van der Waals surface area contributed by atoms with Crippen LogP contribution in [0.5, 0.6) is 0 Å². The van der Waals surface area contributed by atoms with E-state index in [1.807, 2.05) is 11.3 Å². The molecule has 26 heavy (non-hydrogen) atoms. The van der Waals surface area contributed by atoms with E-state index in [0.717, 1.165) is 43.4 Å². The molecule has 0 aliphatic carbocycles. The van der Waals surface area contributed by atoms with Crippen LogP contribution < -0.4 is 10.6 Å². The van der Waals surface area contributed by atoms with Crippen molar-refractivity contribution >= 4 is 45.5 Å². The topological polar surface area (TPSA) is 48.8 Å². The zero-order chi connectivity index (χ0) is 16.6. The van der Waals surface area contributed by atoms with Crippen LogP contribution in [-0.4, -0.2) is 37.9 Å². The molecule has 3 aromatic rings. The Bertz CT molecular complexity index is 1000. The molecule has 5 rings (SSSR count). The first-order chi connectivity index (χ1) is 12.4. The minimum atomic E-state index is 0. The Labute approximate surface area is 162 Å². The lowest BCUT2D eigenvalue weighted by Gasteiger charge is -2.03. The lowest BCUT2D eigenvalue weighted by Crippen LogP contribution is -2.19. The first kappa shape index (κ1) is 17.1.